The quantitative estimate of drug-likeness (QED) is 0.657. The standard InChI is InChI=1S/C15H10BrClN2OS/c1-8-11(17)6-7-12-13(8)18-15(21-12)19-14(20)9-4-2-3-5-10(9)16/h2-7H,1H3,(H,18,19,20). The second-order valence-corrected chi connectivity index (χ2v) is 6.76. The van der Waals surface area contributed by atoms with Crippen LogP contribution < -0.4 is 5.32 Å². The minimum absolute atomic E-state index is 0.190. The van der Waals surface area contributed by atoms with Crippen LogP contribution in [0.15, 0.2) is 40.9 Å². The van der Waals surface area contributed by atoms with Crippen molar-refractivity contribution in [2.24, 2.45) is 0 Å². The van der Waals surface area contributed by atoms with Crippen molar-refractivity contribution in [3.63, 3.8) is 0 Å². The van der Waals surface area contributed by atoms with Gasteiger partial charge in [-0.05, 0) is 52.7 Å². The molecule has 0 aliphatic heterocycles. The summed E-state index contributed by atoms with van der Waals surface area (Å²) in [6.45, 7) is 1.92. The van der Waals surface area contributed by atoms with Crippen LogP contribution >= 0.6 is 38.9 Å². The summed E-state index contributed by atoms with van der Waals surface area (Å²) in [5.41, 5.74) is 2.33. The lowest BCUT2D eigenvalue weighted by Crippen LogP contribution is -2.12. The number of nitrogens with zero attached hydrogens (tertiary/aromatic N) is 1. The second kappa shape index (κ2) is 5.75. The van der Waals surface area contributed by atoms with E-state index in [4.69, 9.17) is 11.6 Å². The van der Waals surface area contributed by atoms with E-state index >= 15 is 0 Å². The van der Waals surface area contributed by atoms with E-state index in [9.17, 15) is 4.79 Å². The highest BCUT2D eigenvalue weighted by molar-refractivity contribution is 9.10. The molecule has 3 aromatic rings. The number of rotatable bonds is 2. The normalized spacial score (nSPS) is 10.8. The summed E-state index contributed by atoms with van der Waals surface area (Å²) < 4.78 is 1.75. The Labute approximate surface area is 139 Å². The van der Waals surface area contributed by atoms with Gasteiger partial charge in [0.05, 0.1) is 15.8 Å². The molecule has 0 unspecified atom stereocenters. The predicted molar refractivity (Wildman–Crippen MR) is 91.5 cm³/mol. The summed E-state index contributed by atoms with van der Waals surface area (Å²) in [6, 6.07) is 11.0. The van der Waals surface area contributed by atoms with Gasteiger partial charge in [0.1, 0.15) is 0 Å². The molecule has 0 radical (unpaired) electrons. The molecule has 0 bridgehead atoms. The number of aryl methyl sites for hydroxylation is 1. The van der Waals surface area contributed by atoms with Gasteiger partial charge in [-0.1, -0.05) is 35.1 Å². The van der Waals surface area contributed by atoms with Crippen molar-refractivity contribution < 1.29 is 4.79 Å². The van der Waals surface area contributed by atoms with Crippen molar-refractivity contribution in [2.75, 3.05) is 5.32 Å². The lowest BCUT2D eigenvalue weighted by atomic mass is 10.2. The number of anilines is 1. The van der Waals surface area contributed by atoms with E-state index in [1.807, 2.05) is 37.3 Å². The Balaban J connectivity index is 1.94. The number of carbonyl (C=O) groups excluding carboxylic acids is 1. The van der Waals surface area contributed by atoms with E-state index in [1.54, 1.807) is 6.07 Å². The average molecular weight is 382 g/mol. The molecule has 0 aliphatic rings. The Bertz CT molecular complexity index is 847. The van der Waals surface area contributed by atoms with Gasteiger partial charge >= 0.3 is 0 Å². The first-order valence-corrected chi connectivity index (χ1v) is 8.16. The van der Waals surface area contributed by atoms with Crippen molar-refractivity contribution in [1.29, 1.82) is 0 Å². The number of benzene rings is 2. The number of halogens is 2. The monoisotopic (exact) mass is 380 g/mol. The molecule has 2 aromatic carbocycles. The lowest BCUT2D eigenvalue weighted by molar-refractivity contribution is 0.102. The van der Waals surface area contributed by atoms with E-state index in [1.165, 1.54) is 11.3 Å². The molecule has 0 spiro atoms. The number of thiazole rings is 1. The third-order valence-electron chi connectivity index (χ3n) is 3.09. The van der Waals surface area contributed by atoms with Gasteiger partial charge in [-0.15, -0.1) is 0 Å². The zero-order valence-electron chi connectivity index (χ0n) is 11.0. The maximum absolute atomic E-state index is 12.3. The molecule has 1 heterocycles. The Hall–Kier alpha value is -1.43. The topological polar surface area (TPSA) is 42.0 Å². The fourth-order valence-corrected chi connectivity index (χ4v) is 3.50. The van der Waals surface area contributed by atoms with Crippen LogP contribution in [0.4, 0.5) is 5.13 Å². The van der Waals surface area contributed by atoms with Crippen LogP contribution in [0.5, 0.6) is 0 Å². The van der Waals surface area contributed by atoms with Crippen LogP contribution in [0, 0.1) is 6.92 Å². The maximum atomic E-state index is 12.3. The number of amides is 1. The number of hydrogen-bond acceptors (Lipinski definition) is 3. The fraction of sp³-hybridized carbons (Fsp3) is 0.0667. The molecule has 3 rings (SSSR count). The smallest absolute Gasteiger partial charge is 0.258 e. The van der Waals surface area contributed by atoms with Crippen molar-refractivity contribution in [2.45, 2.75) is 6.92 Å². The fourth-order valence-electron chi connectivity index (χ4n) is 1.96. The highest BCUT2D eigenvalue weighted by Crippen LogP contribution is 2.32. The predicted octanol–water partition coefficient (Wildman–Crippen LogP) is 5.27. The van der Waals surface area contributed by atoms with Gasteiger partial charge in [-0.2, -0.15) is 0 Å². The molecule has 0 atom stereocenters. The van der Waals surface area contributed by atoms with E-state index in [-0.39, 0.29) is 5.91 Å². The summed E-state index contributed by atoms with van der Waals surface area (Å²) >= 11 is 10.9. The highest BCUT2D eigenvalue weighted by atomic mass is 79.9. The van der Waals surface area contributed by atoms with E-state index < -0.39 is 0 Å². The average Bonchev–Trinajstić information content (AvgIpc) is 2.87. The van der Waals surface area contributed by atoms with E-state index in [2.05, 4.69) is 26.2 Å². The third-order valence-corrected chi connectivity index (χ3v) is 5.12. The Morgan fingerprint density at radius 3 is 2.81 bits per heavy atom. The van der Waals surface area contributed by atoms with Gasteiger partial charge in [-0.3, -0.25) is 10.1 Å². The molecular formula is C15H10BrClN2OS. The van der Waals surface area contributed by atoms with Gasteiger partial charge in [0.15, 0.2) is 5.13 Å². The van der Waals surface area contributed by atoms with Crippen molar-refractivity contribution in [3.05, 3.63) is 57.0 Å². The number of nitrogens with one attached hydrogen (secondary N) is 1. The molecule has 0 aliphatic carbocycles. The molecule has 1 amide bonds. The molecule has 1 aromatic heterocycles. The van der Waals surface area contributed by atoms with E-state index in [0.717, 1.165) is 20.3 Å². The lowest BCUT2D eigenvalue weighted by Gasteiger charge is -2.03. The van der Waals surface area contributed by atoms with Crippen LogP contribution in [0.25, 0.3) is 10.2 Å². The molecule has 3 nitrogen and oxygen atoms in total. The SMILES string of the molecule is Cc1c(Cl)ccc2sc(NC(=O)c3ccccc3Br)nc12. The Morgan fingerprint density at radius 1 is 1.29 bits per heavy atom. The first kappa shape index (κ1) is 14.5. The van der Waals surface area contributed by atoms with Gasteiger partial charge in [0.25, 0.3) is 5.91 Å². The first-order valence-electron chi connectivity index (χ1n) is 6.18. The molecule has 6 heteroatoms. The molecule has 1 N–H and O–H groups in total. The van der Waals surface area contributed by atoms with Crippen molar-refractivity contribution in [1.82, 2.24) is 4.98 Å². The van der Waals surface area contributed by atoms with Crippen LogP contribution in [0.3, 0.4) is 0 Å². The summed E-state index contributed by atoms with van der Waals surface area (Å²) in [5.74, 6) is -0.190. The molecule has 0 saturated carbocycles. The minimum Gasteiger partial charge on any atom is -0.298 e. The Kier molecular flexibility index (Phi) is 3.97. The summed E-state index contributed by atoms with van der Waals surface area (Å²) in [6.07, 6.45) is 0. The molecule has 21 heavy (non-hydrogen) atoms. The zero-order chi connectivity index (χ0) is 15.0. The number of aromatic nitrogens is 1. The summed E-state index contributed by atoms with van der Waals surface area (Å²) in [5, 5.41) is 4.07. The van der Waals surface area contributed by atoms with E-state index in [0.29, 0.717) is 15.7 Å². The van der Waals surface area contributed by atoms with Gasteiger partial charge in [-0.25, -0.2) is 4.98 Å². The van der Waals surface area contributed by atoms with Gasteiger partial charge < -0.3 is 0 Å². The van der Waals surface area contributed by atoms with Crippen molar-refractivity contribution >= 4 is 60.1 Å². The van der Waals surface area contributed by atoms with Crippen LogP contribution in [0.2, 0.25) is 5.02 Å². The zero-order valence-corrected chi connectivity index (χ0v) is 14.1. The summed E-state index contributed by atoms with van der Waals surface area (Å²) in [4.78, 5) is 16.7. The third kappa shape index (κ3) is 2.81. The number of hydrogen-bond donors (Lipinski definition) is 1. The van der Waals surface area contributed by atoms with Crippen LogP contribution in [0.1, 0.15) is 15.9 Å². The summed E-state index contributed by atoms with van der Waals surface area (Å²) in [7, 11) is 0. The number of fused-ring (bicyclic) bond motifs is 1. The number of carbonyl (C=O) groups is 1. The molecule has 0 saturated heterocycles. The van der Waals surface area contributed by atoms with Crippen LogP contribution in [-0.4, -0.2) is 10.9 Å². The molecule has 0 fully saturated rings. The van der Waals surface area contributed by atoms with Gasteiger partial charge in [0.2, 0.25) is 0 Å². The highest BCUT2D eigenvalue weighted by Gasteiger charge is 2.13. The maximum Gasteiger partial charge on any atom is 0.258 e. The molecule has 106 valence electrons. The second-order valence-electron chi connectivity index (χ2n) is 4.47. The Morgan fingerprint density at radius 2 is 2.05 bits per heavy atom. The van der Waals surface area contributed by atoms with Gasteiger partial charge in [0, 0.05) is 9.50 Å². The van der Waals surface area contributed by atoms with Crippen LogP contribution in [-0.2, 0) is 0 Å². The molecular weight excluding hydrogens is 372 g/mol. The first-order chi connectivity index (χ1) is 10.1. The minimum atomic E-state index is -0.190. The van der Waals surface area contributed by atoms with Crippen molar-refractivity contribution in [3.8, 4) is 0 Å². The largest absolute Gasteiger partial charge is 0.298 e.